The van der Waals surface area contributed by atoms with Gasteiger partial charge >= 0.3 is 5.97 Å². The van der Waals surface area contributed by atoms with E-state index in [1.54, 1.807) is 11.9 Å². The summed E-state index contributed by atoms with van der Waals surface area (Å²) in [5.74, 6) is -1.99. The highest BCUT2D eigenvalue weighted by atomic mass is 16.4. The van der Waals surface area contributed by atoms with Gasteiger partial charge in [-0.05, 0) is 19.8 Å². The third-order valence-electron chi connectivity index (χ3n) is 4.63. The Kier molecular flexibility index (Phi) is 4.01. The van der Waals surface area contributed by atoms with E-state index in [9.17, 15) is 19.5 Å². The number of carboxylic acid groups (broad SMARTS) is 1. The second-order valence-electron chi connectivity index (χ2n) is 6.22. The van der Waals surface area contributed by atoms with E-state index >= 15 is 0 Å². The minimum Gasteiger partial charge on any atom is -0.481 e. The van der Waals surface area contributed by atoms with Crippen LogP contribution in [0.2, 0.25) is 0 Å². The average Bonchev–Trinajstić information content (AvgIpc) is 2.69. The summed E-state index contributed by atoms with van der Waals surface area (Å²) >= 11 is 0. The van der Waals surface area contributed by atoms with Crippen LogP contribution in [0.25, 0.3) is 0 Å². The molecule has 3 unspecified atom stereocenters. The van der Waals surface area contributed by atoms with Crippen LogP contribution in [0.5, 0.6) is 0 Å². The van der Waals surface area contributed by atoms with Crippen molar-refractivity contribution in [2.75, 3.05) is 13.6 Å². The Balaban J connectivity index is 2.05. The molecule has 20 heavy (non-hydrogen) atoms. The molecule has 1 heterocycles. The maximum Gasteiger partial charge on any atom is 0.308 e. The van der Waals surface area contributed by atoms with E-state index in [2.05, 4.69) is 5.32 Å². The predicted octanol–water partition coefficient (Wildman–Crippen LogP) is 0.614. The largest absolute Gasteiger partial charge is 0.481 e. The zero-order valence-electron chi connectivity index (χ0n) is 12.0. The molecule has 112 valence electrons. The molecule has 0 spiro atoms. The van der Waals surface area contributed by atoms with Gasteiger partial charge in [-0.3, -0.25) is 14.4 Å². The molecule has 1 aliphatic carbocycles. The second-order valence-corrected chi connectivity index (χ2v) is 6.22. The predicted molar refractivity (Wildman–Crippen MR) is 71.9 cm³/mol. The monoisotopic (exact) mass is 282 g/mol. The lowest BCUT2D eigenvalue weighted by Crippen LogP contribution is -2.56. The van der Waals surface area contributed by atoms with Gasteiger partial charge in [0, 0.05) is 20.0 Å². The zero-order chi connectivity index (χ0) is 14.9. The molecule has 0 aromatic carbocycles. The molecule has 2 rings (SSSR count). The molecule has 1 aliphatic heterocycles. The Morgan fingerprint density at radius 2 is 2.10 bits per heavy atom. The minimum absolute atomic E-state index is 0.0336. The lowest BCUT2D eigenvalue weighted by atomic mass is 9.73. The summed E-state index contributed by atoms with van der Waals surface area (Å²) in [6, 6.07) is 0. The normalized spacial score (nSPS) is 34.1. The molecule has 1 saturated heterocycles. The summed E-state index contributed by atoms with van der Waals surface area (Å²) in [7, 11) is 1.68. The van der Waals surface area contributed by atoms with E-state index in [-0.39, 0.29) is 24.2 Å². The first-order chi connectivity index (χ1) is 9.33. The summed E-state index contributed by atoms with van der Waals surface area (Å²) in [6.45, 7) is 2.22. The quantitative estimate of drug-likeness (QED) is 0.794. The van der Waals surface area contributed by atoms with Crippen LogP contribution in [0.4, 0.5) is 0 Å². The van der Waals surface area contributed by atoms with Crippen LogP contribution in [-0.2, 0) is 14.4 Å². The molecule has 2 amide bonds. The Bertz CT molecular complexity index is 437. The van der Waals surface area contributed by atoms with Gasteiger partial charge in [-0.2, -0.15) is 0 Å². The lowest BCUT2D eigenvalue weighted by Gasteiger charge is -2.40. The van der Waals surface area contributed by atoms with Gasteiger partial charge in [-0.25, -0.2) is 0 Å². The number of hydrogen-bond donors (Lipinski definition) is 2. The van der Waals surface area contributed by atoms with Gasteiger partial charge in [0.25, 0.3) is 0 Å². The number of carboxylic acids is 1. The second kappa shape index (κ2) is 5.42. The highest BCUT2D eigenvalue weighted by molar-refractivity contribution is 5.89. The molecule has 2 fully saturated rings. The van der Waals surface area contributed by atoms with Crippen molar-refractivity contribution in [1.29, 1.82) is 0 Å². The van der Waals surface area contributed by atoms with Gasteiger partial charge in [-0.15, -0.1) is 0 Å². The van der Waals surface area contributed by atoms with Crippen LogP contribution in [0.3, 0.4) is 0 Å². The maximum atomic E-state index is 12.3. The molecule has 6 heteroatoms. The molecule has 0 radical (unpaired) electrons. The van der Waals surface area contributed by atoms with Gasteiger partial charge < -0.3 is 15.3 Å². The maximum absolute atomic E-state index is 12.3. The number of hydrogen-bond acceptors (Lipinski definition) is 3. The molecule has 6 nitrogen and oxygen atoms in total. The van der Waals surface area contributed by atoms with Crippen molar-refractivity contribution in [1.82, 2.24) is 10.2 Å². The topological polar surface area (TPSA) is 86.7 Å². The van der Waals surface area contributed by atoms with Crippen molar-refractivity contribution >= 4 is 17.8 Å². The third-order valence-corrected chi connectivity index (χ3v) is 4.63. The van der Waals surface area contributed by atoms with Crippen molar-refractivity contribution in [2.24, 2.45) is 11.8 Å². The van der Waals surface area contributed by atoms with Crippen molar-refractivity contribution < 1.29 is 19.5 Å². The highest BCUT2D eigenvalue weighted by Gasteiger charge is 2.44. The molecule has 2 N–H and O–H groups in total. The van der Waals surface area contributed by atoms with Gasteiger partial charge in [0.2, 0.25) is 11.8 Å². The van der Waals surface area contributed by atoms with Crippen LogP contribution in [-0.4, -0.2) is 46.9 Å². The molecule has 1 saturated carbocycles. The van der Waals surface area contributed by atoms with Crippen molar-refractivity contribution in [3.8, 4) is 0 Å². The van der Waals surface area contributed by atoms with Crippen LogP contribution < -0.4 is 5.32 Å². The van der Waals surface area contributed by atoms with Gasteiger partial charge in [0.05, 0.1) is 17.4 Å². The first-order valence-electron chi connectivity index (χ1n) is 7.12. The number of likely N-dealkylation sites (tertiary alicyclic amines) is 1. The molecular formula is C14H22N2O4. The fraction of sp³-hybridized carbons (Fsp3) is 0.786. The number of carbonyl (C=O) groups is 3. The number of aliphatic carboxylic acids is 1. The molecule has 3 atom stereocenters. The summed E-state index contributed by atoms with van der Waals surface area (Å²) in [6.07, 6.45) is 3.29. The van der Waals surface area contributed by atoms with Crippen molar-refractivity contribution in [3.63, 3.8) is 0 Å². The summed E-state index contributed by atoms with van der Waals surface area (Å²) in [5, 5.41) is 12.2. The Labute approximate surface area is 118 Å². The SMILES string of the molecule is CN1CC(C(=O)NC2(C)CCCCC2C(=O)O)CC1=O. The number of nitrogens with zero attached hydrogens (tertiary/aromatic N) is 1. The highest BCUT2D eigenvalue weighted by Crippen LogP contribution is 2.34. The van der Waals surface area contributed by atoms with Gasteiger partial charge in [-0.1, -0.05) is 12.8 Å². The van der Waals surface area contributed by atoms with E-state index in [1.165, 1.54) is 0 Å². The first kappa shape index (κ1) is 14.8. The van der Waals surface area contributed by atoms with E-state index in [0.717, 1.165) is 12.8 Å². The summed E-state index contributed by atoms with van der Waals surface area (Å²) < 4.78 is 0. The molecular weight excluding hydrogens is 260 g/mol. The smallest absolute Gasteiger partial charge is 0.308 e. The van der Waals surface area contributed by atoms with E-state index in [1.807, 2.05) is 6.92 Å². The number of nitrogens with one attached hydrogen (secondary N) is 1. The average molecular weight is 282 g/mol. The fourth-order valence-corrected chi connectivity index (χ4v) is 3.30. The Hall–Kier alpha value is -1.59. The van der Waals surface area contributed by atoms with Gasteiger partial charge in [0.1, 0.15) is 0 Å². The van der Waals surface area contributed by atoms with E-state index in [0.29, 0.717) is 19.4 Å². The summed E-state index contributed by atoms with van der Waals surface area (Å²) in [4.78, 5) is 36.7. The molecule has 0 aromatic heterocycles. The Morgan fingerprint density at radius 1 is 1.40 bits per heavy atom. The molecule has 0 aromatic rings. The molecule has 0 bridgehead atoms. The van der Waals surface area contributed by atoms with E-state index in [4.69, 9.17) is 0 Å². The van der Waals surface area contributed by atoms with Crippen molar-refractivity contribution in [2.45, 2.75) is 44.6 Å². The first-order valence-corrected chi connectivity index (χ1v) is 7.12. The minimum atomic E-state index is -0.855. The number of carbonyl (C=O) groups excluding carboxylic acids is 2. The van der Waals surface area contributed by atoms with Crippen LogP contribution in [0.1, 0.15) is 39.0 Å². The van der Waals surface area contributed by atoms with Crippen LogP contribution >= 0.6 is 0 Å². The van der Waals surface area contributed by atoms with Crippen LogP contribution in [0.15, 0.2) is 0 Å². The van der Waals surface area contributed by atoms with E-state index < -0.39 is 17.4 Å². The van der Waals surface area contributed by atoms with Crippen LogP contribution in [0, 0.1) is 11.8 Å². The summed E-state index contributed by atoms with van der Waals surface area (Å²) in [5.41, 5.74) is -0.703. The number of amides is 2. The van der Waals surface area contributed by atoms with Gasteiger partial charge in [0.15, 0.2) is 0 Å². The third kappa shape index (κ3) is 2.78. The Morgan fingerprint density at radius 3 is 2.65 bits per heavy atom. The lowest BCUT2D eigenvalue weighted by molar-refractivity contribution is -0.147. The van der Waals surface area contributed by atoms with Crippen molar-refractivity contribution in [3.05, 3.63) is 0 Å². The fourth-order valence-electron chi connectivity index (χ4n) is 3.30. The standard InChI is InChI=1S/C14H22N2O4/c1-14(6-4-3-5-10(14)13(19)20)15-12(18)9-7-11(17)16(2)8-9/h9-10H,3-8H2,1-2H3,(H,15,18)(H,19,20). The molecule has 2 aliphatic rings. The zero-order valence-corrected chi connectivity index (χ0v) is 12.0. The number of rotatable bonds is 3.